The lowest BCUT2D eigenvalue weighted by atomic mass is 10.1. The van der Waals surface area contributed by atoms with Gasteiger partial charge >= 0.3 is 0 Å². The molecule has 0 saturated heterocycles. The number of hydrogen-bond acceptors (Lipinski definition) is 4. The maximum absolute atomic E-state index is 5.27. The Bertz CT molecular complexity index is 314. The van der Waals surface area contributed by atoms with Gasteiger partial charge in [0, 0.05) is 6.54 Å². The van der Waals surface area contributed by atoms with E-state index in [0.717, 1.165) is 24.5 Å². The molecule has 2 rings (SSSR count). The van der Waals surface area contributed by atoms with Crippen molar-refractivity contribution in [3.05, 3.63) is 23.8 Å². The van der Waals surface area contributed by atoms with Gasteiger partial charge in [0.2, 0.25) is 6.79 Å². The molecule has 0 atom stereocenters. The van der Waals surface area contributed by atoms with E-state index in [1.165, 1.54) is 5.56 Å². The van der Waals surface area contributed by atoms with Gasteiger partial charge in [-0.25, -0.2) is 5.48 Å². The minimum Gasteiger partial charge on any atom is -0.454 e. The van der Waals surface area contributed by atoms with Crippen LogP contribution >= 0.6 is 0 Å². The van der Waals surface area contributed by atoms with E-state index in [-0.39, 0.29) is 0 Å². The minimum atomic E-state index is 0.328. The van der Waals surface area contributed by atoms with Crippen LogP contribution in [-0.4, -0.2) is 20.4 Å². The van der Waals surface area contributed by atoms with E-state index in [2.05, 4.69) is 5.48 Å². The highest BCUT2D eigenvalue weighted by Crippen LogP contribution is 2.32. The fraction of sp³-hybridized carbons (Fsp3) is 0.400. The van der Waals surface area contributed by atoms with Crippen LogP contribution in [-0.2, 0) is 11.3 Å². The van der Waals surface area contributed by atoms with E-state index in [9.17, 15) is 0 Å². The molecule has 0 amide bonds. The van der Waals surface area contributed by atoms with Crippen LogP contribution in [0.3, 0.4) is 0 Å². The van der Waals surface area contributed by atoms with Crippen LogP contribution in [0.4, 0.5) is 0 Å². The van der Waals surface area contributed by atoms with Crippen molar-refractivity contribution < 1.29 is 14.3 Å². The van der Waals surface area contributed by atoms with Crippen LogP contribution in [0.25, 0.3) is 0 Å². The molecule has 0 aromatic heterocycles. The molecule has 4 heteroatoms. The first-order valence-electron chi connectivity index (χ1n) is 4.54. The van der Waals surface area contributed by atoms with Crippen molar-refractivity contribution >= 4 is 0 Å². The number of benzene rings is 1. The van der Waals surface area contributed by atoms with Gasteiger partial charge in [-0.3, -0.25) is 0 Å². The van der Waals surface area contributed by atoms with Crippen LogP contribution in [0.15, 0.2) is 18.2 Å². The van der Waals surface area contributed by atoms with Crippen LogP contribution in [0.2, 0.25) is 0 Å². The average Bonchev–Trinajstić information content (AvgIpc) is 2.65. The van der Waals surface area contributed by atoms with Crippen molar-refractivity contribution in [3.8, 4) is 11.5 Å². The van der Waals surface area contributed by atoms with Crippen LogP contribution < -0.4 is 15.0 Å². The van der Waals surface area contributed by atoms with Crippen molar-refractivity contribution in [1.82, 2.24) is 5.48 Å². The Balaban J connectivity index is 1.98. The third-order valence-corrected chi connectivity index (χ3v) is 2.10. The zero-order valence-corrected chi connectivity index (χ0v) is 8.08. The van der Waals surface area contributed by atoms with Crippen molar-refractivity contribution in [3.63, 3.8) is 0 Å². The summed E-state index contributed by atoms with van der Waals surface area (Å²) >= 11 is 0. The first-order chi connectivity index (χ1) is 6.90. The Morgan fingerprint density at radius 1 is 1.36 bits per heavy atom. The van der Waals surface area contributed by atoms with Crippen LogP contribution in [0.1, 0.15) is 5.56 Å². The Labute approximate surface area is 82.7 Å². The molecule has 14 heavy (non-hydrogen) atoms. The summed E-state index contributed by atoms with van der Waals surface area (Å²) in [7, 11) is 1.61. The number of fused-ring (bicyclic) bond motifs is 1. The normalized spacial score (nSPS) is 13.2. The van der Waals surface area contributed by atoms with Gasteiger partial charge < -0.3 is 14.3 Å². The van der Waals surface area contributed by atoms with Gasteiger partial charge in [-0.1, -0.05) is 6.07 Å². The molecule has 1 aliphatic rings. The zero-order valence-electron chi connectivity index (χ0n) is 8.08. The predicted octanol–water partition coefficient (Wildman–Crippen LogP) is 1.11. The minimum absolute atomic E-state index is 0.328. The fourth-order valence-electron chi connectivity index (χ4n) is 1.39. The molecule has 0 unspecified atom stereocenters. The molecule has 1 aliphatic heterocycles. The summed E-state index contributed by atoms with van der Waals surface area (Å²) in [5, 5.41) is 0. The second-order valence-corrected chi connectivity index (χ2v) is 3.04. The van der Waals surface area contributed by atoms with Crippen molar-refractivity contribution in [2.45, 2.75) is 6.42 Å². The highest BCUT2D eigenvalue weighted by Gasteiger charge is 2.12. The number of rotatable bonds is 4. The smallest absolute Gasteiger partial charge is 0.231 e. The monoisotopic (exact) mass is 195 g/mol. The van der Waals surface area contributed by atoms with Crippen molar-refractivity contribution in [1.29, 1.82) is 0 Å². The summed E-state index contributed by atoms with van der Waals surface area (Å²) in [6.45, 7) is 1.12. The van der Waals surface area contributed by atoms with E-state index in [0.29, 0.717) is 6.79 Å². The summed E-state index contributed by atoms with van der Waals surface area (Å²) < 4.78 is 10.5. The molecular formula is C10H13NO3. The number of hydroxylamine groups is 1. The van der Waals surface area contributed by atoms with Gasteiger partial charge in [0.1, 0.15) is 0 Å². The largest absolute Gasteiger partial charge is 0.454 e. The van der Waals surface area contributed by atoms with E-state index in [1.807, 2.05) is 18.2 Å². The van der Waals surface area contributed by atoms with Gasteiger partial charge in [-0.05, 0) is 24.1 Å². The van der Waals surface area contributed by atoms with Crippen LogP contribution in [0, 0.1) is 0 Å². The maximum Gasteiger partial charge on any atom is 0.231 e. The first-order valence-corrected chi connectivity index (χ1v) is 4.54. The first kappa shape index (κ1) is 9.30. The molecule has 1 aromatic rings. The number of ether oxygens (including phenoxy) is 2. The van der Waals surface area contributed by atoms with Gasteiger partial charge in [0.15, 0.2) is 11.5 Å². The van der Waals surface area contributed by atoms with Crippen molar-refractivity contribution in [2.24, 2.45) is 0 Å². The summed E-state index contributed by atoms with van der Waals surface area (Å²) in [5.41, 5.74) is 4.00. The van der Waals surface area contributed by atoms with Crippen LogP contribution in [0.5, 0.6) is 11.5 Å². The van der Waals surface area contributed by atoms with E-state index in [1.54, 1.807) is 7.11 Å². The highest BCUT2D eigenvalue weighted by atomic mass is 16.7. The molecule has 0 aliphatic carbocycles. The topological polar surface area (TPSA) is 39.7 Å². The standard InChI is InChI=1S/C10H13NO3/c1-12-11-5-4-8-2-3-9-10(6-8)14-7-13-9/h2-3,6,11H,4-5,7H2,1H3. The van der Waals surface area contributed by atoms with E-state index >= 15 is 0 Å². The Hall–Kier alpha value is -1.26. The third-order valence-electron chi connectivity index (χ3n) is 2.10. The Kier molecular flexibility index (Phi) is 2.86. The molecule has 1 heterocycles. The summed E-state index contributed by atoms with van der Waals surface area (Å²) in [4.78, 5) is 4.75. The third kappa shape index (κ3) is 1.97. The second kappa shape index (κ2) is 4.30. The quantitative estimate of drug-likeness (QED) is 0.577. The molecule has 0 bridgehead atoms. The number of nitrogens with one attached hydrogen (secondary N) is 1. The molecule has 4 nitrogen and oxygen atoms in total. The predicted molar refractivity (Wildman–Crippen MR) is 51.3 cm³/mol. The molecule has 1 N–H and O–H groups in total. The summed E-state index contributed by atoms with van der Waals surface area (Å²) in [5.74, 6) is 1.66. The molecule has 1 aromatic carbocycles. The average molecular weight is 195 g/mol. The lowest BCUT2D eigenvalue weighted by Crippen LogP contribution is -2.14. The van der Waals surface area contributed by atoms with Gasteiger partial charge in [0.25, 0.3) is 0 Å². The molecule has 76 valence electrons. The fourth-order valence-corrected chi connectivity index (χ4v) is 1.39. The SMILES string of the molecule is CONCCc1ccc2c(c1)OCO2. The maximum atomic E-state index is 5.27. The zero-order chi connectivity index (χ0) is 9.80. The van der Waals surface area contributed by atoms with E-state index < -0.39 is 0 Å². The highest BCUT2D eigenvalue weighted by molar-refractivity contribution is 5.44. The summed E-state index contributed by atoms with van der Waals surface area (Å²) in [6, 6.07) is 5.97. The molecular weight excluding hydrogens is 182 g/mol. The summed E-state index contributed by atoms with van der Waals surface area (Å²) in [6.07, 6.45) is 0.907. The Morgan fingerprint density at radius 2 is 2.21 bits per heavy atom. The molecule has 0 spiro atoms. The van der Waals surface area contributed by atoms with Gasteiger partial charge in [-0.2, -0.15) is 0 Å². The Morgan fingerprint density at radius 3 is 3.07 bits per heavy atom. The van der Waals surface area contributed by atoms with Gasteiger partial charge in [0.05, 0.1) is 7.11 Å². The second-order valence-electron chi connectivity index (χ2n) is 3.04. The molecule has 0 radical (unpaired) electrons. The lowest BCUT2D eigenvalue weighted by molar-refractivity contribution is 0.0928. The molecule has 0 saturated carbocycles. The van der Waals surface area contributed by atoms with Gasteiger partial charge in [-0.15, -0.1) is 0 Å². The number of hydrogen-bond donors (Lipinski definition) is 1. The molecule has 0 fully saturated rings. The van der Waals surface area contributed by atoms with E-state index in [4.69, 9.17) is 14.3 Å². The lowest BCUT2D eigenvalue weighted by Gasteiger charge is -2.03. The van der Waals surface area contributed by atoms with Crippen molar-refractivity contribution in [2.75, 3.05) is 20.4 Å².